The first-order valence-corrected chi connectivity index (χ1v) is 11.3. The van der Waals surface area contributed by atoms with Crippen LogP contribution in [-0.4, -0.2) is 14.3 Å². The van der Waals surface area contributed by atoms with Gasteiger partial charge in [-0.25, -0.2) is 8.42 Å². The zero-order chi connectivity index (χ0) is 21.9. The Kier molecular flexibility index (Phi) is 6.71. The maximum Gasteiger partial charge on any atom is 0.261 e. The molecule has 8 heteroatoms. The fourth-order valence-electron chi connectivity index (χ4n) is 2.80. The number of carbonyl (C=O) groups is 1. The average Bonchev–Trinajstić information content (AvgIpc) is 2.65. The second-order valence-corrected chi connectivity index (χ2v) is 9.49. The molecule has 0 spiro atoms. The molecule has 0 aliphatic heterocycles. The van der Waals surface area contributed by atoms with Crippen molar-refractivity contribution in [3.8, 4) is 0 Å². The highest BCUT2D eigenvalue weighted by Gasteiger charge is 2.16. The summed E-state index contributed by atoms with van der Waals surface area (Å²) in [5.41, 5.74) is 4.12. The topological polar surface area (TPSA) is 75.3 Å². The standard InChI is InChI=1S/C22H20Cl2N2O3S/c1-14-3-6-20(9-15(14)2)25-22(27)10-16-4-7-19(8-5-16)26-30(28,29)21-12-17(23)11-18(24)13-21/h3-9,11-13,26H,10H2,1-2H3,(H,25,27). The van der Waals surface area contributed by atoms with E-state index in [9.17, 15) is 13.2 Å². The first kappa shape index (κ1) is 22.2. The second kappa shape index (κ2) is 9.08. The van der Waals surface area contributed by atoms with Crippen LogP contribution in [0.1, 0.15) is 16.7 Å². The minimum Gasteiger partial charge on any atom is -0.326 e. The Morgan fingerprint density at radius 1 is 0.833 bits per heavy atom. The van der Waals surface area contributed by atoms with E-state index in [4.69, 9.17) is 23.2 Å². The van der Waals surface area contributed by atoms with Gasteiger partial charge in [0.05, 0.1) is 11.3 Å². The smallest absolute Gasteiger partial charge is 0.261 e. The Morgan fingerprint density at radius 3 is 2.03 bits per heavy atom. The zero-order valence-electron chi connectivity index (χ0n) is 16.4. The van der Waals surface area contributed by atoms with E-state index in [0.29, 0.717) is 5.69 Å². The van der Waals surface area contributed by atoms with Crippen LogP contribution in [0.4, 0.5) is 11.4 Å². The van der Waals surface area contributed by atoms with Crippen LogP contribution < -0.4 is 10.0 Å². The number of benzene rings is 3. The van der Waals surface area contributed by atoms with Crippen LogP contribution in [-0.2, 0) is 21.2 Å². The summed E-state index contributed by atoms with van der Waals surface area (Å²) in [4.78, 5) is 12.3. The zero-order valence-corrected chi connectivity index (χ0v) is 18.7. The number of aryl methyl sites for hydroxylation is 2. The summed E-state index contributed by atoms with van der Waals surface area (Å²) in [5.74, 6) is -0.153. The molecule has 1 amide bonds. The van der Waals surface area contributed by atoms with E-state index in [1.807, 2.05) is 32.0 Å². The van der Waals surface area contributed by atoms with E-state index in [2.05, 4.69) is 10.0 Å². The van der Waals surface area contributed by atoms with E-state index < -0.39 is 10.0 Å². The number of halogens is 2. The molecule has 0 fully saturated rings. The quantitative estimate of drug-likeness (QED) is 0.500. The van der Waals surface area contributed by atoms with Crippen LogP contribution in [0.3, 0.4) is 0 Å². The highest BCUT2D eigenvalue weighted by atomic mass is 35.5. The molecule has 156 valence electrons. The first-order valence-electron chi connectivity index (χ1n) is 9.07. The molecule has 0 heterocycles. The van der Waals surface area contributed by atoms with Gasteiger partial charge in [-0.15, -0.1) is 0 Å². The van der Waals surface area contributed by atoms with Crippen molar-refractivity contribution in [1.29, 1.82) is 0 Å². The molecule has 0 saturated heterocycles. The van der Waals surface area contributed by atoms with Gasteiger partial charge in [-0.3, -0.25) is 9.52 Å². The maximum atomic E-state index is 12.5. The number of anilines is 2. The molecule has 0 bridgehead atoms. The Labute approximate surface area is 186 Å². The van der Waals surface area contributed by atoms with Gasteiger partial charge >= 0.3 is 0 Å². The molecule has 30 heavy (non-hydrogen) atoms. The van der Waals surface area contributed by atoms with Crippen molar-refractivity contribution in [2.24, 2.45) is 0 Å². The highest BCUT2D eigenvalue weighted by molar-refractivity contribution is 7.92. The molecule has 3 aromatic carbocycles. The van der Waals surface area contributed by atoms with Gasteiger partial charge in [0.25, 0.3) is 10.0 Å². The van der Waals surface area contributed by atoms with Gasteiger partial charge in [0, 0.05) is 21.4 Å². The van der Waals surface area contributed by atoms with Gasteiger partial charge in [0.1, 0.15) is 0 Å². The van der Waals surface area contributed by atoms with Crippen molar-refractivity contribution >= 4 is 50.5 Å². The Bertz CT molecular complexity index is 1170. The second-order valence-electron chi connectivity index (χ2n) is 6.93. The van der Waals surface area contributed by atoms with E-state index in [0.717, 1.165) is 22.4 Å². The summed E-state index contributed by atoms with van der Waals surface area (Å²) in [7, 11) is -3.84. The molecular weight excluding hydrogens is 443 g/mol. The lowest BCUT2D eigenvalue weighted by Crippen LogP contribution is -2.15. The van der Waals surface area contributed by atoms with Crippen molar-refractivity contribution in [2.75, 3.05) is 10.0 Å². The lowest BCUT2D eigenvalue weighted by atomic mass is 10.1. The fraction of sp³-hybridized carbons (Fsp3) is 0.136. The van der Waals surface area contributed by atoms with Gasteiger partial charge < -0.3 is 5.32 Å². The van der Waals surface area contributed by atoms with Gasteiger partial charge in [-0.05, 0) is 73.0 Å². The van der Waals surface area contributed by atoms with E-state index in [1.165, 1.54) is 18.2 Å². The number of hydrogen-bond acceptors (Lipinski definition) is 3. The number of amides is 1. The summed E-state index contributed by atoms with van der Waals surface area (Å²) >= 11 is 11.8. The van der Waals surface area contributed by atoms with Gasteiger partial charge in [-0.2, -0.15) is 0 Å². The fourth-order valence-corrected chi connectivity index (χ4v) is 4.58. The summed E-state index contributed by atoms with van der Waals surface area (Å²) in [5, 5.41) is 3.33. The summed E-state index contributed by atoms with van der Waals surface area (Å²) in [6.45, 7) is 4.00. The monoisotopic (exact) mass is 462 g/mol. The van der Waals surface area contributed by atoms with E-state index in [-0.39, 0.29) is 27.3 Å². The molecule has 0 saturated carbocycles. The lowest BCUT2D eigenvalue weighted by molar-refractivity contribution is -0.115. The predicted molar refractivity (Wildman–Crippen MR) is 122 cm³/mol. The number of sulfonamides is 1. The van der Waals surface area contributed by atoms with Crippen LogP contribution in [0.15, 0.2) is 65.6 Å². The lowest BCUT2D eigenvalue weighted by Gasteiger charge is -2.10. The number of carbonyl (C=O) groups excluding carboxylic acids is 1. The highest BCUT2D eigenvalue weighted by Crippen LogP contribution is 2.24. The summed E-state index contributed by atoms with van der Waals surface area (Å²) < 4.78 is 27.5. The molecule has 0 radical (unpaired) electrons. The minimum absolute atomic E-state index is 0.0307. The Morgan fingerprint density at radius 2 is 1.43 bits per heavy atom. The molecule has 2 N–H and O–H groups in total. The molecule has 5 nitrogen and oxygen atoms in total. The van der Waals surface area contributed by atoms with Crippen molar-refractivity contribution in [3.63, 3.8) is 0 Å². The normalized spacial score (nSPS) is 11.2. The van der Waals surface area contributed by atoms with Crippen molar-refractivity contribution in [3.05, 3.63) is 87.4 Å². The summed E-state index contributed by atoms with van der Waals surface area (Å²) in [6.07, 6.45) is 0.170. The van der Waals surface area contributed by atoms with Gasteiger partial charge in [0.2, 0.25) is 5.91 Å². The van der Waals surface area contributed by atoms with Crippen LogP contribution in [0.25, 0.3) is 0 Å². The molecule has 3 rings (SSSR count). The third kappa shape index (κ3) is 5.75. The Balaban J connectivity index is 1.65. The number of nitrogens with one attached hydrogen (secondary N) is 2. The van der Waals surface area contributed by atoms with Crippen LogP contribution in [0.5, 0.6) is 0 Å². The molecule has 0 unspecified atom stereocenters. The average molecular weight is 463 g/mol. The van der Waals surface area contributed by atoms with E-state index >= 15 is 0 Å². The van der Waals surface area contributed by atoms with Crippen LogP contribution in [0, 0.1) is 13.8 Å². The molecule has 0 atom stereocenters. The molecule has 0 aromatic heterocycles. The van der Waals surface area contributed by atoms with Crippen molar-refractivity contribution < 1.29 is 13.2 Å². The predicted octanol–water partition coefficient (Wildman–Crippen LogP) is 5.59. The Hall–Kier alpha value is -2.54. The number of hydrogen-bond donors (Lipinski definition) is 2. The summed E-state index contributed by atoms with van der Waals surface area (Å²) in [6, 6.07) is 16.4. The van der Waals surface area contributed by atoms with Crippen molar-refractivity contribution in [1.82, 2.24) is 0 Å². The van der Waals surface area contributed by atoms with Gasteiger partial charge in [-0.1, -0.05) is 41.4 Å². The molecular formula is C22H20Cl2N2O3S. The largest absolute Gasteiger partial charge is 0.326 e. The van der Waals surface area contributed by atoms with Crippen LogP contribution >= 0.6 is 23.2 Å². The van der Waals surface area contributed by atoms with Crippen LogP contribution in [0.2, 0.25) is 10.0 Å². The molecule has 0 aliphatic rings. The number of rotatable bonds is 6. The molecule has 0 aliphatic carbocycles. The van der Waals surface area contributed by atoms with E-state index in [1.54, 1.807) is 24.3 Å². The third-order valence-corrected chi connectivity index (χ3v) is 6.31. The third-order valence-electron chi connectivity index (χ3n) is 4.51. The first-order chi connectivity index (χ1) is 14.1. The van der Waals surface area contributed by atoms with Crippen molar-refractivity contribution in [2.45, 2.75) is 25.2 Å². The van der Waals surface area contributed by atoms with Gasteiger partial charge in [0.15, 0.2) is 0 Å². The maximum absolute atomic E-state index is 12.5. The minimum atomic E-state index is -3.84. The SMILES string of the molecule is Cc1ccc(NC(=O)Cc2ccc(NS(=O)(=O)c3cc(Cl)cc(Cl)c3)cc2)cc1C. The molecule has 3 aromatic rings.